The number of aliphatic hydroxyl groups excluding tert-OH is 1. The molecule has 0 radical (unpaired) electrons. The molecule has 0 spiro atoms. The van der Waals surface area contributed by atoms with Crippen LogP contribution >= 0.6 is 11.8 Å². The first-order chi connectivity index (χ1) is 13.3. The second kappa shape index (κ2) is 8.36. The van der Waals surface area contributed by atoms with Crippen molar-refractivity contribution in [1.29, 1.82) is 0 Å². The highest BCUT2D eigenvalue weighted by molar-refractivity contribution is 7.99. The Hall–Kier alpha value is -1.98. The molecule has 5 heteroatoms. The van der Waals surface area contributed by atoms with E-state index in [1.54, 1.807) is 4.90 Å². The number of fused-ring (bicyclic) bond motifs is 3. The molecule has 0 bridgehead atoms. The number of rotatable bonds is 5. The van der Waals surface area contributed by atoms with E-state index < -0.39 is 0 Å². The van der Waals surface area contributed by atoms with Crippen LogP contribution in [0.2, 0.25) is 0 Å². The highest BCUT2D eigenvalue weighted by Gasteiger charge is 2.31. The van der Waals surface area contributed by atoms with E-state index in [1.165, 1.54) is 22.3 Å². The van der Waals surface area contributed by atoms with E-state index in [4.69, 9.17) is 4.74 Å². The molecule has 4 nitrogen and oxygen atoms in total. The lowest BCUT2D eigenvalue weighted by atomic mass is 9.98. The zero-order valence-corrected chi connectivity index (χ0v) is 16.2. The van der Waals surface area contributed by atoms with Crippen LogP contribution in [0.1, 0.15) is 29.9 Å². The van der Waals surface area contributed by atoms with E-state index in [9.17, 15) is 9.90 Å². The van der Waals surface area contributed by atoms with Crippen LogP contribution in [-0.4, -0.2) is 53.4 Å². The lowest BCUT2D eigenvalue weighted by Crippen LogP contribution is -2.45. The number of benzene rings is 2. The number of nitrogens with zero attached hydrogens (tertiary/aromatic N) is 1. The Morgan fingerprint density at radius 1 is 1.11 bits per heavy atom. The largest absolute Gasteiger partial charge is 0.448 e. The van der Waals surface area contributed by atoms with E-state index in [2.05, 4.69) is 24.3 Å². The van der Waals surface area contributed by atoms with E-state index in [0.717, 1.165) is 24.3 Å². The maximum atomic E-state index is 12.8. The summed E-state index contributed by atoms with van der Waals surface area (Å²) in [5.74, 6) is 2.14. The Morgan fingerprint density at radius 3 is 2.37 bits per heavy atom. The molecular formula is C22H25NO3S. The average molecular weight is 384 g/mol. The van der Waals surface area contributed by atoms with Crippen molar-refractivity contribution in [3.63, 3.8) is 0 Å². The molecule has 27 heavy (non-hydrogen) atoms. The number of carbonyl (C=O) groups is 1. The number of aliphatic hydroxyl groups is 1. The minimum absolute atomic E-state index is 0.0363. The quantitative estimate of drug-likeness (QED) is 0.844. The zero-order chi connectivity index (χ0) is 18.6. The molecule has 1 unspecified atom stereocenters. The lowest BCUT2D eigenvalue weighted by molar-refractivity contribution is 0.0763. The van der Waals surface area contributed by atoms with Crippen LogP contribution in [-0.2, 0) is 4.74 Å². The second-order valence-electron chi connectivity index (χ2n) is 7.09. The minimum Gasteiger partial charge on any atom is -0.448 e. The van der Waals surface area contributed by atoms with E-state index in [1.807, 2.05) is 36.0 Å². The van der Waals surface area contributed by atoms with Gasteiger partial charge in [0.2, 0.25) is 0 Å². The third-order valence-corrected chi connectivity index (χ3v) is 6.69. The molecule has 142 valence electrons. The Balaban J connectivity index is 1.50. The molecule has 0 aromatic heterocycles. The Morgan fingerprint density at radius 2 is 1.78 bits per heavy atom. The molecule has 1 fully saturated rings. The number of hydrogen-bond acceptors (Lipinski definition) is 4. The van der Waals surface area contributed by atoms with Crippen molar-refractivity contribution in [3.8, 4) is 11.1 Å². The highest BCUT2D eigenvalue weighted by Crippen LogP contribution is 2.44. The van der Waals surface area contributed by atoms with Gasteiger partial charge in [0, 0.05) is 24.3 Å². The van der Waals surface area contributed by atoms with Gasteiger partial charge in [0.25, 0.3) is 0 Å². The Kier molecular flexibility index (Phi) is 5.69. The van der Waals surface area contributed by atoms with Crippen molar-refractivity contribution < 1.29 is 14.6 Å². The molecule has 1 atom stereocenters. The summed E-state index contributed by atoms with van der Waals surface area (Å²) in [6.45, 7) is 0.627. The van der Waals surface area contributed by atoms with Crippen molar-refractivity contribution in [2.45, 2.75) is 24.8 Å². The maximum Gasteiger partial charge on any atom is 0.410 e. The van der Waals surface area contributed by atoms with Gasteiger partial charge in [-0.1, -0.05) is 48.5 Å². The topological polar surface area (TPSA) is 49.8 Å². The first kappa shape index (κ1) is 18.4. The summed E-state index contributed by atoms with van der Waals surface area (Å²) in [7, 11) is 0. The van der Waals surface area contributed by atoms with Crippen molar-refractivity contribution in [2.24, 2.45) is 0 Å². The highest BCUT2D eigenvalue weighted by atomic mass is 32.2. The third-order valence-electron chi connectivity index (χ3n) is 5.49. The van der Waals surface area contributed by atoms with Gasteiger partial charge < -0.3 is 14.7 Å². The summed E-state index contributed by atoms with van der Waals surface area (Å²) in [5.41, 5.74) is 4.89. The normalized spacial score (nSPS) is 18.6. The number of amides is 1. The molecule has 2 aromatic carbocycles. The number of ether oxygens (including phenoxy) is 1. The van der Waals surface area contributed by atoms with E-state index in [-0.39, 0.29) is 24.7 Å². The van der Waals surface area contributed by atoms with Gasteiger partial charge in [-0.2, -0.15) is 11.8 Å². The molecular weight excluding hydrogens is 358 g/mol. The molecule has 1 heterocycles. The fourth-order valence-electron chi connectivity index (χ4n) is 4.18. The predicted octanol–water partition coefficient (Wildman–Crippen LogP) is 4.13. The SMILES string of the molecule is O=C(OCC1c2ccccc2-c2ccccc21)N(CCO)C1CCCSC1. The van der Waals surface area contributed by atoms with Crippen LogP contribution in [0.15, 0.2) is 48.5 Å². The average Bonchev–Trinajstić information content (AvgIpc) is 3.05. The maximum absolute atomic E-state index is 12.8. The Labute approximate surface area is 164 Å². The van der Waals surface area contributed by atoms with Crippen molar-refractivity contribution in [2.75, 3.05) is 31.3 Å². The van der Waals surface area contributed by atoms with Gasteiger partial charge in [0.05, 0.1) is 6.61 Å². The first-order valence-electron chi connectivity index (χ1n) is 9.60. The van der Waals surface area contributed by atoms with Crippen LogP contribution in [0.4, 0.5) is 4.79 Å². The van der Waals surface area contributed by atoms with Gasteiger partial charge in [-0.3, -0.25) is 0 Å². The number of carbonyl (C=O) groups excluding carboxylic acids is 1. The molecule has 1 N–H and O–H groups in total. The van der Waals surface area contributed by atoms with Crippen LogP contribution in [0.3, 0.4) is 0 Å². The summed E-state index contributed by atoms with van der Waals surface area (Å²) in [4.78, 5) is 14.5. The van der Waals surface area contributed by atoms with Crippen molar-refractivity contribution in [3.05, 3.63) is 59.7 Å². The van der Waals surface area contributed by atoms with Crippen LogP contribution in [0, 0.1) is 0 Å². The molecule has 1 aliphatic carbocycles. The van der Waals surface area contributed by atoms with Gasteiger partial charge in [0.1, 0.15) is 6.61 Å². The summed E-state index contributed by atoms with van der Waals surface area (Å²) >= 11 is 1.87. The zero-order valence-electron chi connectivity index (χ0n) is 15.3. The lowest BCUT2D eigenvalue weighted by Gasteiger charge is -2.33. The number of hydrogen-bond donors (Lipinski definition) is 1. The molecule has 0 saturated carbocycles. The fourth-order valence-corrected chi connectivity index (χ4v) is 5.33. The minimum atomic E-state index is -0.307. The smallest absolute Gasteiger partial charge is 0.410 e. The molecule has 1 aliphatic heterocycles. The van der Waals surface area contributed by atoms with Crippen molar-refractivity contribution >= 4 is 17.9 Å². The second-order valence-corrected chi connectivity index (χ2v) is 8.24. The predicted molar refractivity (Wildman–Crippen MR) is 109 cm³/mol. The van der Waals surface area contributed by atoms with E-state index in [0.29, 0.717) is 13.2 Å². The number of thioether (sulfide) groups is 1. The van der Waals surface area contributed by atoms with Crippen LogP contribution < -0.4 is 0 Å². The van der Waals surface area contributed by atoms with Crippen molar-refractivity contribution in [1.82, 2.24) is 4.90 Å². The molecule has 1 saturated heterocycles. The molecule has 1 amide bonds. The van der Waals surface area contributed by atoms with Gasteiger partial charge in [-0.25, -0.2) is 4.79 Å². The van der Waals surface area contributed by atoms with Gasteiger partial charge in [-0.05, 0) is 40.8 Å². The van der Waals surface area contributed by atoms with Gasteiger partial charge in [-0.15, -0.1) is 0 Å². The Bertz CT molecular complexity index is 758. The van der Waals surface area contributed by atoms with Gasteiger partial charge >= 0.3 is 6.09 Å². The first-order valence-corrected chi connectivity index (χ1v) is 10.8. The molecule has 2 aromatic rings. The monoisotopic (exact) mass is 383 g/mol. The molecule has 4 rings (SSSR count). The summed E-state index contributed by atoms with van der Waals surface area (Å²) in [5, 5.41) is 9.40. The van der Waals surface area contributed by atoms with Gasteiger partial charge in [0.15, 0.2) is 0 Å². The fraction of sp³-hybridized carbons (Fsp3) is 0.409. The summed E-state index contributed by atoms with van der Waals surface area (Å²) < 4.78 is 5.77. The van der Waals surface area contributed by atoms with Crippen LogP contribution in [0.25, 0.3) is 11.1 Å². The summed E-state index contributed by atoms with van der Waals surface area (Å²) in [6.07, 6.45) is 1.78. The van der Waals surface area contributed by atoms with Crippen LogP contribution in [0.5, 0.6) is 0 Å². The summed E-state index contributed by atoms with van der Waals surface area (Å²) in [6, 6.07) is 16.8. The molecule has 2 aliphatic rings. The van der Waals surface area contributed by atoms with E-state index >= 15 is 0 Å². The third kappa shape index (κ3) is 3.71. The standard InChI is InChI=1S/C22H25NO3S/c24-12-11-23(16-6-5-13-27-15-16)22(25)26-14-21-19-9-3-1-7-17(19)18-8-2-4-10-20(18)21/h1-4,7-10,16,21,24H,5-6,11-15H2.